The number of unbranched alkanes of at least 4 members (excludes halogenated alkanes) is 2. The minimum absolute atomic E-state index is 0.275. The van der Waals surface area contributed by atoms with Crippen molar-refractivity contribution in [2.75, 3.05) is 0 Å². The van der Waals surface area contributed by atoms with Gasteiger partial charge in [0.15, 0.2) is 0 Å². The van der Waals surface area contributed by atoms with Crippen LogP contribution in [-0.4, -0.2) is 22.2 Å². The van der Waals surface area contributed by atoms with Crippen molar-refractivity contribution in [1.82, 2.24) is 0 Å². The molecule has 0 fully saturated rings. The Morgan fingerprint density at radius 2 is 1.60 bits per heavy atom. The van der Waals surface area contributed by atoms with E-state index in [0.29, 0.717) is 6.42 Å². The number of carboxylic acid groups (broad SMARTS) is 2. The van der Waals surface area contributed by atoms with Gasteiger partial charge >= 0.3 is 11.9 Å². The maximum absolute atomic E-state index is 9.87. The second kappa shape index (κ2) is 11.0. The molecule has 0 aliphatic rings. The summed E-state index contributed by atoms with van der Waals surface area (Å²) in [5.41, 5.74) is 0. The molecule has 0 aromatic rings. The second-order valence-electron chi connectivity index (χ2n) is 3.84. The van der Waals surface area contributed by atoms with Crippen molar-refractivity contribution < 1.29 is 19.8 Å². The largest absolute Gasteiger partial charge is 0.481 e. The molecule has 0 atom stereocenters. The van der Waals surface area contributed by atoms with E-state index in [1.807, 2.05) is 13.8 Å². The van der Waals surface area contributed by atoms with Crippen LogP contribution in [0.2, 0.25) is 0 Å². The lowest BCUT2D eigenvalue weighted by atomic mass is 10.1. The summed E-state index contributed by atoms with van der Waals surface area (Å²) in [7, 11) is 0. The topological polar surface area (TPSA) is 74.6 Å². The number of aliphatic carboxylic acids is 2. The van der Waals surface area contributed by atoms with Crippen LogP contribution in [0.3, 0.4) is 0 Å². The first kappa shape index (κ1) is 16.4. The Labute approximate surface area is 91.3 Å². The smallest absolute Gasteiger partial charge is 0.303 e. The van der Waals surface area contributed by atoms with Gasteiger partial charge in [0.25, 0.3) is 0 Å². The molecule has 0 heterocycles. The fraction of sp³-hybridized carbons (Fsp3) is 0.818. The van der Waals surface area contributed by atoms with Gasteiger partial charge in [-0.3, -0.25) is 9.59 Å². The lowest BCUT2D eigenvalue weighted by Crippen LogP contribution is -1.99. The summed E-state index contributed by atoms with van der Waals surface area (Å²) in [4.78, 5) is 19.7. The van der Waals surface area contributed by atoms with Crippen molar-refractivity contribution in [2.45, 2.75) is 52.9 Å². The normalized spacial score (nSPS) is 9.33. The van der Waals surface area contributed by atoms with Gasteiger partial charge < -0.3 is 10.2 Å². The molecule has 0 saturated heterocycles. The Balaban J connectivity index is 0. The summed E-state index contributed by atoms with van der Waals surface area (Å²) >= 11 is 0. The van der Waals surface area contributed by atoms with Crippen molar-refractivity contribution >= 4 is 11.9 Å². The van der Waals surface area contributed by atoms with Crippen LogP contribution in [0.4, 0.5) is 0 Å². The van der Waals surface area contributed by atoms with Gasteiger partial charge in [0, 0.05) is 12.8 Å². The lowest BCUT2D eigenvalue weighted by molar-refractivity contribution is -0.138. The molecule has 4 nitrogen and oxygen atoms in total. The monoisotopic (exact) mass is 218 g/mol. The van der Waals surface area contributed by atoms with Crippen molar-refractivity contribution in [3.05, 3.63) is 0 Å². The van der Waals surface area contributed by atoms with Gasteiger partial charge in [-0.2, -0.15) is 0 Å². The van der Waals surface area contributed by atoms with Gasteiger partial charge in [-0.25, -0.2) is 0 Å². The van der Waals surface area contributed by atoms with E-state index >= 15 is 0 Å². The Kier molecular flexibility index (Phi) is 12.0. The van der Waals surface area contributed by atoms with Crippen LogP contribution >= 0.6 is 0 Å². The maximum Gasteiger partial charge on any atom is 0.303 e. The molecule has 0 saturated carbocycles. The van der Waals surface area contributed by atoms with Crippen LogP contribution in [0.15, 0.2) is 0 Å². The summed E-state index contributed by atoms with van der Waals surface area (Å²) in [6, 6.07) is 0. The molecule has 0 rings (SSSR count). The third-order valence-electron chi connectivity index (χ3n) is 1.58. The van der Waals surface area contributed by atoms with E-state index in [1.54, 1.807) is 0 Å². The number of hydrogen-bond acceptors (Lipinski definition) is 2. The highest BCUT2D eigenvalue weighted by molar-refractivity contribution is 5.67. The Morgan fingerprint density at radius 1 is 1.07 bits per heavy atom. The number of carbonyl (C=O) groups is 2. The van der Waals surface area contributed by atoms with E-state index < -0.39 is 11.9 Å². The molecular weight excluding hydrogens is 196 g/mol. The number of carboxylic acids is 2. The predicted molar refractivity (Wildman–Crippen MR) is 58.9 cm³/mol. The van der Waals surface area contributed by atoms with Crippen molar-refractivity contribution in [3.8, 4) is 0 Å². The van der Waals surface area contributed by atoms with E-state index in [2.05, 4.69) is 6.92 Å². The average molecular weight is 218 g/mol. The molecule has 0 amide bonds. The second-order valence-corrected chi connectivity index (χ2v) is 3.84. The van der Waals surface area contributed by atoms with E-state index in [9.17, 15) is 9.59 Å². The molecule has 0 bridgehead atoms. The summed E-state index contributed by atoms with van der Waals surface area (Å²) in [6.45, 7) is 5.82. The molecule has 4 heteroatoms. The zero-order valence-corrected chi connectivity index (χ0v) is 9.82. The van der Waals surface area contributed by atoms with Gasteiger partial charge in [-0.05, 0) is 12.3 Å². The van der Waals surface area contributed by atoms with Gasteiger partial charge in [0.2, 0.25) is 0 Å². The quantitative estimate of drug-likeness (QED) is 0.672. The number of hydrogen-bond donors (Lipinski definition) is 2. The Morgan fingerprint density at radius 3 is 1.80 bits per heavy atom. The lowest BCUT2D eigenvalue weighted by Gasteiger charge is -1.94. The molecule has 0 spiro atoms. The molecule has 0 unspecified atom stereocenters. The van der Waals surface area contributed by atoms with Crippen LogP contribution in [0.25, 0.3) is 0 Å². The van der Waals surface area contributed by atoms with Crippen LogP contribution in [-0.2, 0) is 9.59 Å². The summed E-state index contributed by atoms with van der Waals surface area (Å²) < 4.78 is 0. The van der Waals surface area contributed by atoms with Crippen LogP contribution in [0, 0.1) is 5.92 Å². The number of rotatable bonds is 6. The first-order chi connectivity index (χ1) is 6.90. The standard InChI is InChI=1S/C6H12O2.C5H10O2/c1-2-3-4-5-6(7)8;1-4(2)3-5(6)7/h2-5H2,1H3,(H,7,8);4H,3H2,1-2H3,(H,6,7). The highest BCUT2D eigenvalue weighted by Gasteiger charge is 1.98. The summed E-state index contributed by atoms with van der Waals surface area (Å²) in [5, 5.41) is 16.2. The first-order valence-electron chi connectivity index (χ1n) is 5.33. The van der Waals surface area contributed by atoms with E-state index in [-0.39, 0.29) is 12.3 Å². The predicted octanol–water partition coefficient (Wildman–Crippen LogP) is 2.77. The van der Waals surface area contributed by atoms with Gasteiger partial charge in [0.05, 0.1) is 0 Å². The zero-order valence-electron chi connectivity index (χ0n) is 9.82. The average Bonchev–Trinajstić information content (AvgIpc) is 2.02. The van der Waals surface area contributed by atoms with Gasteiger partial charge in [-0.15, -0.1) is 0 Å². The molecule has 0 aromatic heterocycles. The Hall–Kier alpha value is -1.06. The van der Waals surface area contributed by atoms with Crippen molar-refractivity contribution in [2.24, 2.45) is 5.92 Å². The van der Waals surface area contributed by atoms with Crippen LogP contribution in [0.1, 0.15) is 52.9 Å². The molecular formula is C11H22O4. The highest BCUT2D eigenvalue weighted by atomic mass is 16.4. The van der Waals surface area contributed by atoms with Crippen LogP contribution in [0.5, 0.6) is 0 Å². The zero-order chi connectivity index (χ0) is 12.3. The maximum atomic E-state index is 9.87. The van der Waals surface area contributed by atoms with Gasteiger partial charge in [0.1, 0.15) is 0 Å². The fourth-order valence-corrected chi connectivity index (χ4v) is 0.875. The molecule has 15 heavy (non-hydrogen) atoms. The summed E-state index contributed by atoms with van der Waals surface area (Å²) in [5.74, 6) is -1.12. The molecule has 0 aromatic carbocycles. The van der Waals surface area contributed by atoms with Gasteiger partial charge in [-0.1, -0.05) is 33.6 Å². The molecule has 2 N–H and O–H groups in total. The summed E-state index contributed by atoms with van der Waals surface area (Å²) in [6.07, 6.45) is 3.55. The molecule has 0 aliphatic carbocycles. The van der Waals surface area contributed by atoms with Crippen LogP contribution < -0.4 is 0 Å². The third-order valence-corrected chi connectivity index (χ3v) is 1.58. The molecule has 0 radical (unpaired) electrons. The SMILES string of the molecule is CC(C)CC(=O)O.CCCCCC(=O)O. The highest BCUT2D eigenvalue weighted by Crippen LogP contribution is 1.97. The van der Waals surface area contributed by atoms with Crippen molar-refractivity contribution in [1.29, 1.82) is 0 Å². The minimum Gasteiger partial charge on any atom is -0.481 e. The Bertz CT molecular complexity index is 175. The third kappa shape index (κ3) is 24.6. The molecule has 90 valence electrons. The van der Waals surface area contributed by atoms with E-state index in [0.717, 1.165) is 19.3 Å². The van der Waals surface area contributed by atoms with Crippen molar-refractivity contribution in [3.63, 3.8) is 0 Å². The van der Waals surface area contributed by atoms with E-state index in [4.69, 9.17) is 10.2 Å². The minimum atomic E-state index is -0.713. The first-order valence-corrected chi connectivity index (χ1v) is 5.33. The molecule has 0 aliphatic heterocycles. The fourth-order valence-electron chi connectivity index (χ4n) is 0.875. The van der Waals surface area contributed by atoms with E-state index in [1.165, 1.54) is 0 Å².